The second-order valence-electron chi connectivity index (χ2n) is 6.58. The van der Waals surface area contributed by atoms with Crippen molar-refractivity contribution in [3.8, 4) is 0 Å². The molecule has 1 saturated carbocycles. The van der Waals surface area contributed by atoms with Crippen molar-refractivity contribution in [1.29, 1.82) is 0 Å². The Morgan fingerprint density at radius 3 is 1.87 bits per heavy atom. The zero-order chi connectivity index (χ0) is 16.6. The van der Waals surface area contributed by atoms with Gasteiger partial charge < -0.3 is 0 Å². The molecule has 0 aliphatic heterocycles. The lowest BCUT2D eigenvalue weighted by atomic mass is 9.61. The van der Waals surface area contributed by atoms with Crippen molar-refractivity contribution in [2.24, 2.45) is 0 Å². The van der Waals surface area contributed by atoms with E-state index in [1.807, 2.05) is 24.3 Å². The summed E-state index contributed by atoms with van der Waals surface area (Å²) in [6, 6.07) is 11.7. The molecular weight excluding hydrogens is 370 g/mol. The Kier molecular flexibility index (Phi) is 5.18. The summed E-state index contributed by atoms with van der Waals surface area (Å²) < 4.78 is 0. The van der Waals surface area contributed by atoms with Crippen LogP contribution in [0.15, 0.2) is 36.4 Å². The molecule has 0 amide bonds. The topological polar surface area (TPSA) is 0 Å². The van der Waals surface area contributed by atoms with Crippen LogP contribution < -0.4 is 0 Å². The summed E-state index contributed by atoms with van der Waals surface area (Å²) in [5.74, 6) is 0.349. The van der Waals surface area contributed by atoms with Crippen LogP contribution in [0, 0.1) is 0 Å². The first-order valence-electron chi connectivity index (χ1n) is 7.81. The molecule has 2 aromatic rings. The molecular formula is C19H18Cl4. The normalized spacial score (nSPS) is 24.7. The summed E-state index contributed by atoms with van der Waals surface area (Å²) >= 11 is 25.0. The maximum atomic E-state index is 6.25. The van der Waals surface area contributed by atoms with E-state index in [-0.39, 0.29) is 5.41 Å². The van der Waals surface area contributed by atoms with Crippen molar-refractivity contribution in [3.05, 3.63) is 67.6 Å². The van der Waals surface area contributed by atoms with Gasteiger partial charge >= 0.3 is 0 Å². The molecule has 23 heavy (non-hydrogen) atoms. The second-order valence-corrected chi connectivity index (χ2v) is 8.32. The molecule has 2 unspecified atom stereocenters. The SMILES string of the molecule is CC1(c2cc(Cl)cc(Cl)c2)CCCCC1c1cc(Cl)cc(Cl)c1. The van der Waals surface area contributed by atoms with Crippen molar-refractivity contribution >= 4 is 46.4 Å². The zero-order valence-electron chi connectivity index (χ0n) is 12.9. The largest absolute Gasteiger partial charge is 0.0843 e. The standard InChI is InChI=1S/C19H18Cl4/c1-19(13-8-16(22)11-17(23)9-13)5-3-2-4-18(19)12-6-14(20)10-15(21)7-12/h6-11,18H,2-5H2,1H3. The van der Waals surface area contributed by atoms with Gasteiger partial charge in [0.15, 0.2) is 0 Å². The van der Waals surface area contributed by atoms with E-state index < -0.39 is 0 Å². The highest BCUT2D eigenvalue weighted by atomic mass is 35.5. The zero-order valence-corrected chi connectivity index (χ0v) is 15.9. The lowest BCUT2D eigenvalue weighted by molar-refractivity contribution is 0.270. The molecule has 2 aromatic carbocycles. The van der Waals surface area contributed by atoms with Crippen molar-refractivity contribution in [1.82, 2.24) is 0 Å². The van der Waals surface area contributed by atoms with E-state index in [4.69, 9.17) is 46.4 Å². The smallest absolute Gasteiger partial charge is 0.0423 e. The number of benzene rings is 2. The monoisotopic (exact) mass is 386 g/mol. The quantitative estimate of drug-likeness (QED) is 0.490. The predicted octanol–water partition coefficient (Wildman–Crippen LogP) is 7.92. The molecule has 3 rings (SSSR count). The van der Waals surface area contributed by atoms with Crippen LogP contribution >= 0.6 is 46.4 Å². The van der Waals surface area contributed by atoms with Gasteiger partial charge in [-0.3, -0.25) is 0 Å². The summed E-state index contributed by atoms with van der Waals surface area (Å²) in [7, 11) is 0. The maximum absolute atomic E-state index is 6.25. The van der Waals surface area contributed by atoms with Gasteiger partial charge in [0.1, 0.15) is 0 Å². The molecule has 1 fully saturated rings. The third-order valence-electron chi connectivity index (χ3n) is 5.02. The van der Waals surface area contributed by atoms with Crippen LogP contribution in [0.5, 0.6) is 0 Å². The molecule has 0 bridgehead atoms. The maximum Gasteiger partial charge on any atom is 0.0423 e. The number of hydrogen-bond donors (Lipinski definition) is 0. The van der Waals surface area contributed by atoms with Crippen LogP contribution in [-0.4, -0.2) is 0 Å². The van der Waals surface area contributed by atoms with Crippen molar-refractivity contribution in [2.75, 3.05) is 0 Å². The third-order valence-corrected chi connectivity index (χ3v) is 5.89. The highest BCUT2D eigenvalue weighted by Gasteiger charge is 2.39. The van der Waals surface area contributed by atoms with Crippen LogP contribution in [-0.2, 0) is 5.41 Å². The van der Waals surface area contributed by atoms with Gasteiger partial charge in [-0.05, 0) is 71.7 Å². The molecule has 0 heterocycles. The van der Waals surface area contributed by atoms with Crippen molar-refractivity contribution in [2.45, 2.75) is 43.9 Å². The number of rotatable bonds is 2. The molecule has 2 atom stereocenters. The first kappa shape index (κ1) is 17.4. The lowest BCUT2D eigenvalue weighted by Gasteiger charge is -2.43. The molecule has 1 aliphatic rings. The summed E-state index contributed by atoms with van der Waals surface area (Å²) in [6.45, 7) is 2.30. The minimum absolute atomic E-state index is 0.0270. The van der Waals surface area contributed by atoms with E-state index in [2.05, 4.69) is 6.92 Å². The molecule has 0 radical (unpaired) electrons. The lowest BCUT2D eigenvalue weighted by Crippen LogP contribution is -2.33. The first-order valence-corrected chi connectivity index (χ1v) is 9.32. The van der Waals surface area contributed by atoms with Crippen LogP contribution in [0.1, 0.15) is 49.7 Å². The van der Waals surface area contributed by atoms with E-state index in [1.165, 1.54) is 24.0 Å². The van der Waals surface area contributed by atoms with Gasteiger partial charge in [-0.2, -0.15) is 0 Å². The second kappa shape index (κ2) is 6.84. The Hall–Kier alpha value is -0.400. The average molecular weight is 388 g/mol. The molecule has 0 N–H and O–H groups in total. The molecule has 0 spiro atoms. The Labute approximate surface area is 157 Å². The van der Waals surface area contributed by atoms with E-state index in [0.717, 1.165) is 12.8 Å². The Bertz CT molecular complexity index is 685. The Balaban J connectivity index is 2.10. The summed E-state index contributed by atoms with van der Waals surface area (Å²) in [4.78, 5) is 0. The van der Waals surface area contributed by atoms with Crippen LogP contribution in [0.2, 0.25) is 20.1 Å². The highest BCUT2D eigenvalue weighted by molar-refractivity contribution is 6.35. The highest BCUT2D eigenvalue weighted by Crippen LogP contribution is 2.50. The summed E-state index contributed by atoms with van der Waals surface area (Å²) in [6.07, 6.45) is 4.61. The van der Waals surface area contributed by atoms with Gasteiger partial charge in [0.25, 0.3) is 0 Å². The van der Waals surface area contributed by atoms with Gasteiger partial charge in [-0.25, -0.2) is 0 Å². The van der Waals surface area contributed by atoms with E-state index in [0.29, 0.717) is 26.0 Å². The molecule has 4 heteroatoms. The van der Waals surface area contributed by atoms with Crippen LogP contribution in [0.3, 0.4) is 0 Å². The molecule has 0 aromatic heterocycles. The summed E-state index contributed by atoms with van der Waals surface area (Å²) in [5.41, 5.74) is 2.36. The fourth-order valence-corrected chi connectivity index (χ4v) is 4.94. The first-order chi connectivity index (χ1) is 10.9. The van der Waals surface area contributed by atoms with E-state index >= 15 is 0 Å². The Morgan fingerprint density at radius 2 is 1.30 bits per heavy atom. The molecule has 0 saturated heterocycles. The van der Waals surface area contributed by atoms with E-state index in [1.54, 1.807) is 12.1 Å². The van der Waals surface area contributed by atoms with Gasteiger partial charge in [0, 0.05) is 20.1 Å². The number of halogens is 4. The van der Waals surface area contributed by atoms with Gasteiger partial charge in [-0.15, -0.1) is 0 Å². The number of hydrogen-bond acceptors (Lipinski definition) is 0. The van der Waals surface area contributed by atoms with Crippen molar-refractivity contribution < 1.29 is 0 Å². The van der Waals surface area contributed by atoms with Gasteiger partial charge in [-0.1, -0.05) is 66.2 Å². The average Bonchev–Trinajstić information content (AvgIpc) is 2.45. The predicted molar refractivity (Wildman–Crippen MR) is 101 cm³/mol. The van der Waals surface area contributed by atoms with E-state index in [9.17, 15) is 0 Å². The minimum Gasteiger partial charge on any atom is -0.0843 e. The third kappa shape index (κ3) is 3.66. The van der Waals surface area contributed by atoms with Crippen LogP contribution in [0.25, 0.3) is 0 Å². The van der Waals surface area contributed by atoms with Gasteiger partial charge in [0.2, 0.25) is 0 Å². The summed E-state index contributed by atoms with van der Waals surface area (Å²) in [5, 5.41) is 2.73. The molecule has 0 nitrogen and oxygen atoms in total. The van der Waals surface area contributed by atoms with Crippen molar-refractivity contribution in [3.63, 3.8) is 0 Å². The minimum atomic E-state index is -0.0270. The van der Waals surface area contributed by atoms with Crippen LogP contribution in [0.4, 0.5) is 0 Å². The molecule has 1 aliphatic carbocycles. The fourth-order valence-electron chi connectivity index (χ4n) is 3.87. The van der Waals surface area contributed by atoms with Gasteiger partial charge in [0.05, 0.1) is 0 Å². The molecule has 122 valence electrons. The fraction of sp³-hybridized carbons (Fsp3) is 0.368. The Morgan fingerprint density at radius 1 is 0.783 bits per heavy atom.